The van der Waals surface area contributed by atoms with E-state index in [-0.39, 0.29) is 0 Å². The fourth-order valence-corrected chi connectivity index (χ4v) is 2.87. The molecule has 0 aromatic heterocycles. The minimum atomic E-state index is -4.09. The molecule has 0 aliphatic rings. The number of nitrogens with zero attached hydrogens (tertiary/aromatic N) is 1. The lowest BCUT2D eigenvalue weighted by Crippen LogP contribution is -2.47. The van der Waals surface area contributed by atoms with Crippen LogP contribution in [0.1, 0.15) is 45.4 Å². The zero-order valence-corrected chi connectivity index (χ0v) is 13.3. The topological polar surface area (TPSA) is 74.6 Å². The zero-order valence-electron chi connectivity index (χ0n) is 12.5. The Bertz CT molecular complexity index is 328. The third-order valence-electron chi connectivity index (χ3n) is 3.22. The van der Waals surface area contributed by atoms with Crippen LogP contribution in [0.5, 0.6) is 0 Å². The van der Waals surface area contributed by atoms with Gasteiger partial charge in [0.2, 0.25) is 0 Å². The van der Waals surface area contributed by atoms with Crippen molar-refractivity contribution >= 4 is 10.1 Å². The maximum atomic E-state index is 10.7. The highest BCUT2D eigenvalue weighted by Crippen LogP contribution is 2.09. The first-order valence-electron chi connectivity index (χ1n) is 7.11. The third-order valence-corrected chi connectivity index (χ3v) is 4.03. The molecule has 0 rings (SSSR count). The summed E-state index contributed by atoms with van der Waals surface area (Å²) in [7, 11) is -0.148. The number of aliphatic hydroxyl groups excluding tert-OH is 1. The van der Waals surface area contributed by atoms with Gasteiger partial charge in [-0.1, -0.05) is 32.6 Å². The van der Waals surface area contributed by atoms with E-state index in [9.17, 15) is 13.5 Å². The molecule has 0 heterocycles. The first-order chi connectivity index (χ1) is 8.66. The van der Waals surface area contributed by atoms with E-state index in [1.54, 1.807) is 0 Å². The van der Waals surface area contributed by atoms with Gasteiger partial charge in [-0.2, -0.15) is 8.42 Å². The van der Waals surface area contributed by atoms with Gasteiger partial charge in [0, 0.05) is 0 Å². The van der Waals surface area contributed by atoms with Crippen LogP contribution in [0.15, 0.2) is 0 Å². The number of likely N-dealkylation sites (N-methyl/N-ethyl adjacent to an activating group) is 1. The zero-order chi connectivity index (χ0) is 14.9. The molecule has 0 aromatic rings. The highest BCUT2D eigenvalue weighted by Gasteiger charge is 2.23. The van der Waals surface area contributed by atoms with E-state index >= 15 is 0 Å². The molecular formula is C13H30NO4S+. The number of hydrogen-bond acceptors (Lipinski definition) is 3. The minimum absolute atomic E-state index is 0.342. The van der Waals surface area contributed by atoms with Crippen LogP contribution in [0.3, 0.4) is 0 Å². The first-order valence-corrected chi connectivity index (χ1v) is 8.72. The summed E-state index contributed by atoms with van der Waals surface area (Å²) in [4.78, 5) is 0. The van der Waals surface area contributed by atoms with Crippen molar-refractivity contribution in [3.8, 4) is 0 Å². The maximum Gasteiger partial charge on any atom is 0.267 e. The molecule has 1 unspecified atom stereocenters. The molecule has 2 N–H and O–H groups in total. The van der Waals surface area contributed by atoms with Gasteiger partial charge in [-0.05, 0) is 12.8 Å². The molecule has 0 fully saturated rings. The smallest absolute Gasteiger partial charge is 0.267 e. The van der Waals surface area contributed by atoms with Gasteiger partial charge >= 0.3 is 0 Å². The second kappa shape index (κ2) is 8.89. The number of aliphatic hydroxyl groups is 1. The predicted octanol–water partition coefficient (Wildman–Crippen LogP) is 1.67. The van der Waals surface area contributed by atoms with E-state index in [4.69, 9.17) is 4.55 Å². The molecule has 0 saturated heterocycles. The fraction of sp³-hybridized carbons (Fsp3) is 1.00. The Kier molecular flexibility index (Phi) is 8.81. The van der Waals surface area contributed by atoms with Crippen LogP contribution in [0.2, 0.25) is 0 Å². The van der Waals surface area contributed by atoms with Crippen LogP contribution in [-0.2, 0) is 10.1 Å². The van der Waals surface area contributed by atoms with Crippen molar-refractivity contribution in [2.45, 2.75) is 51.6 Å². The van der Waals surface area contributed by atoms with E-state index in [0.717, 1.165) is 13.0 Å². The van der Waals surface area contributed by atoms with Crippen molar-refractivity contribution in [2.24, 2.45) is 0 Å². The third kappa shape index (κ3) is 12.6. The number of rotatable bonds is 11. The minimum Gasteiger partial charge on any atom is -0.386 e. The maximum absolute atomic E-state index is 10.7. The fourth-order valence-electron chi connectivity index (χ4n) is 2.28. The first kappa shape index (κ1) is 18.8. The molecule has 5 nitrogen and oxygen atoms in total. The Morgan fingerprint density at radius 2 is 1.58 bits per heavy atom. The Labute approximate surface area is 118 Å². The van der Waals surface area contributed by atoms with Crippen LogP contribution in [0, 0.1) is 0 Å². The highest BCUT2D eigenvalue weighted by atomic mass is 32.2. The molecule has 0 radical (unpaired) electrons. The van der Waals surface area contributed by atoms with Crippen LogP contribution >= 0.6 is 0 Å². The van der Waals surface area contributed by atoms with E-state index in [2.05, 4.69) is 6.92 Å². The van der Waals surface area contributed by atoms with E-state index < -0.39 is 22.0 Å². The monoisotopic (exact) mass is 296 g/mol. The molecule has 0 aliphatic heterocycles. The van der Waals surface area contributed by atoms with Crippen LogP contribution in [0.4, 0.5) is 0 Å². The number of quaternary nitrogens is 1. The SMILES string of the molecule is CCCCCCCC[N+](C)(C)CC(O)CS(=O)(=O)O. The average molecular weight is 296 g/mol. The van der Waals surface area contributed by atoms with E-state index in [0.29, 0.717) is 11.0 Å². The molecule has 1 atom stereocenters. The van der Waals surface area contributed by atoms with Gasteiger partial charge in [0.15, 0.2) is 0 Å². The molecule has 6 heteroatoms. The molecule has 0 amide bonds. The highest BCUT2D eigenvalue weighted by molar-refractivity contribution is 7.85. The number of unbranched alkanes of at least 4 members (excludes halogenated alkanes) is 5. The average Bonchev–Trinajstić information content (AvgIpc) is 2.19. The molecule has 0 aliphatic carbocycles. The molecule has 116 valence electrons. The summed E-state index contributed by atoms with van der Waals surface area (Å²) in [6, 6.07) is 0. The van der Waals surface area contributed by atoms with E-state index in [1.807, 2.05) is 14.1 Å². The lowest BCUT2D eigenvalue weighted by molar-refractivity contribution is -0.893. The standard InChI is InChI=1S/C13H29NO4S/c1-4-5-6-7-8-9-10-14(2,3)11-13(15)12-19(16,17)18/h13,15H,4-12H2,1-3H3/p+1. The quantitative estimate of drug-likeness (QED) is 0.345. The summed E-state index contributed by atoms with van der Waals surface area (Å²) in [6.07, 6.45) is 6.28. The largest absolute Gasteiger partial charge is 0.386 e. The van der Waals surface area contributed by atoms with Gasteiger partial charge in [0.1, 0.15) is 18.4 Å². The van der Waals surface area contributed by atoms with Crippen LogP contribution in [-0.4, -0.2) is 61.6 Å². The van der Waals surface area contributed by atoms with Gasteiger partial charge in [0.25, 0.3) is 10.1 Å². The lowest BCUT2D eigenvalue weighted by Gasteiger charge is -2.31. The van der Waals surface area contributed by atoms with Gasteiger partial charge in [-0.3, -0.25) is 4.55 Å². The second-order valence-electron chi connectivity index (χ2n) is 6.01. The molecule has 0 saturated carbocycles. The summed E-state index contributed by atoms with van der Waals surface area (Å²) in [6.45, 7) is 3.44. The Morgan fingerprint density at radius 3 is 2.11 bits per heavy atom. The Balaban J connectivity index is 3.85. The summed E-state index contributed by atoms with van der Waals surface area (Å²) in [5.41, 5.74) is 0. The van der Waals surface area contributed by atoms with Gasteiger partial charge < -0.3 is 9.59 Å². The van der Waals surface area contributed by atoms with Gasteiger partial charge in [-0.15, -0.1) is 0 Å². The van der Waals surface area contributed by atoms with Gasteiger partial charge in [-0.25, -0.2) is 0 Å². The summed E-state index contributed by atoms with van der Waals surface area (Å²) in [5.74, 6) is -0.578. The molecule has 0 aromatic carbocycles. The molecule has 0 spiro atoms. The molecule has 19 heavy (non-hydrogen) atoms. The van der Waals surface area contributed by atoms with Crippen molar-refractivity contribution in [1.29, 1.82) is 0 Å². The van der Waals surface area contributed by atoms with Crippen molar-refractivity contribution in [3.05, 3.63) is 0 Å². The van der Waals surface area contributed by atoms with Crippen molar-refractivity contribution in [3.63, 3.8) is 0 Å². The predicted molar refractivity (Wildman–Crippen MR) is 77.6 cm³/mol. The second-order valence-corrected chi connectivity index (χ2v) is 7.51. The van der Waals surface area contributed by atoms with Crippen molar-refractivity contribution in [1.82, 2.24) is 0 Å². The molecular weight excluding hydrogens is 266 g/mol. The molecule has 0 bridgehead atoms. The summed E-state index contributed by atoms with van der Waals surface area (Å²) in [5, 5.41) is 9.64. The Morgan fingerprint density at radius 1 is 1.05 bits per heavy atom. The summed E-state index contributed by atoms with van der Waals surface area (Å²) < 4.78 is 30.6. The van der Waals surface area contributed by atoms with Gasteiger partial charge in [0.05, 0.1) is 20.6 Å². The van der Waals surface area contributed by atoms with E-state index in [1.165, 1.54) is 32.1 Å². The Hall–Kier alpha value is -0.170. The van der Waals surface area contributed by atoms with Crippen LogP contribution < -0.4 is 0 Å². The number of hydrogen-bond donors (Lipinski definition) is 2. The van der Waals surface area contributed by atoms with Crippen LogP contribution in [0.25, 0.3) is 0 Å². The summed E-state index contributed by atoms with van der Waals surface area (Å²) >= 11 is 0. The lowest BCUT2D eigenvalue weighted by atomic mass is 10.1. The van der Waals surface area contributed by atoms with Crippen molar-refractivity contribution < 1.29 is 22.6 Å². The van der Waals surface area contributed by atoms with Crippen molar-refractivity contribution in [2.75, 3.05) is 32.9 Å². The normalized spacial score (nSPS) is 14.6.